The second-order valence-corrected chi connectivity index (χ2v) is 5.57. The smallest absolute Gasteiger partial charge is 0.290 e. The molecule has 1 N–H and O–H groups in total. The van der Waals surface area contributed by atoms with Crippen LogP contribution in [0.4, 0.5) is 11.5 Å². The summed E-state index contributed by atoms with van der Waals surface area (Å²) in [6, 6.07) is 4.97. The maximum atomic E-state index is 11.9. The fourth-order valence-electron chi connectivity index (χ4n) is 1.91. The van der Waals surface area contributed by atoms with Crippen molar-refractivity contribution in [3.8, 4) is 5.75 Å². The normalized spacial score (nSPS) is 12.0. The van der Waals surface area contributed by atoms with Crippen molar-refractivity contribution in [3.05, 3.63) is 39.9 Å². The third kappa shape index (κ3) is 4.94. The van der Waals surface area contributed by atoms with Crippen LogP contribution < -0.4 is 15.6 Å². The van der Waals surface area contributed by atoms with E-state index in [1.54, 1.807) is 25.4 Å². The van der Waals surface area contributed by atoms with Crippen LogP contribution in [0.5, 0.6) is 5.75 Å². The average molecular weight is 339 g/mol. The van der Waals surface area contributed by atoms with Crippen LogP contribution in [0.2, 0.25) is 5.15 Å². The Labute approximate surface area is 139 Å². The van der Waals surface area contributed by atoms with E-state index < -0.39 is 0 Å². The van der Waals surface area contributed by atoms with Gasteiger partial charge in [-0.05, 0) is 12.1 Å². The van der Waals surface area contributed by atoms with Crippen molar-refractivity contribution < 1.29 is 9.47 Å². The van der Waals surface area contributed by atoms with Gasteiger partial charge in [-0.3, -0.25) is 4.79 Å². The number of ether oxygens (including phenoxy) is 2. The van der Waals surface area contributed by atoms with Crippen molar-refractivity contribution in [1.82, 2.24) is 14.8 Å². The number of hydrogen-bond donors (Lipinski definition) is 1. The van der Waals surface area contributed by atoms with Crippen molar-refractivity contribution in [2.45, 2.75) is 6.92 Å². The third-order valence-electron chi connectivity index (χ3n) is 3.02. The van der Waals surface area contributed by atoms with Crippen LogP contribution in [0, 0.1) is 5.92 Å². The lowest BCUT2D eigenvalue weighted by Gasteiger charge is -2.12. The van der Waals surface area contributed by atoms with E-state index in [4.69, 9.17) is 21.1 Å². The van der Waals surface area contributed by atoms with Crippen molar-refractivity contribution in [3.63, 3.8) is 0 Å². The minimum atomic E-state index is -0.287. The van der Waals surface area contributed by atoms with Gasteiger partial charge in [-0.25, -0.2) is 9.67 Å². The number of halogens is 1. The summed E-state index contributed by atoms with van der Waals surface area (Å²) in [7, 11) is 3.19. The van der Waals surface area contributed by atoms with Gasteiger partial charge >= 0.3 is 0 Å². The monoisotopic (exact) mass is 338 g/mol. The lowest BCUT2D eigenvalue weighted by Crippen LogP contribution is -2.22. The molecule has 2 aromatic heterocycles. The molecular weight excluding hydrogens is 320 g/mol. The fourth-order valence-corrected chi connectivity index (χ4v) is 2.13. The highest BCUT2D eigenvalue weighted by Gasteiger charge is 2.07. The Balaban J connectivity index is 2.02. The average Bonchev–Trinajstić information content (AvgIpc) is 2.52. The molecule has 0 unspecified atom stereocenters. The predicted molar refractivity (Wildman–Crippen MR) is 88.5 cm³/mol. The lowest BCUT2D eigenvalue weighted by atomic mass is 10.2. The van der Waals surface area contributed by atoms with Crippen molar-refractivity contribution in [1.29, 1.82) is 0 Å². The SMILES string of the molecule is COC[C@H](C)COc1ccc(Nc2cc(Cl)nn(C)c2=O)nc1. The molecule has 0 radical (unpaired) electrons. The summed E-state index contributed by atoms with van der Waals surface area (Å²) in [5, 5.41) is 6.97. The molecular formula is C15H19ClN4O3. The van der Waals surface area contributed by atoms with E-state index in [-0.39, 0.29) is 10.7 Å². The molecule has 2 rings (SSSR count). The largest absolute Gasteiger partial charge is 0.492 e. The minimum Gasteiger partial charge on any atom is -0.492 e. The van der Waals surface area contributed by atoms with Crippen LogP contribution >= 0.6 is 11.6 Å². The first-order valence-corrected chi connectivity index (χ1v) is 7.46. The Hall–Kier alpha value is -2.12. The van der Waals surface area contributed by atoms with E-state index in [9.17, 15) is 4.79 Å². The second-order valence-electron chi connectivity index (χ2n) is 5.19. The molecule has 2 aromatic rings. The van der Waals surface area contributed by atoms with Gasteiger partial charge in [-0.15, -0.1) is 0 Å². The maximum absolute atomic E-state index is 11.9. The zero-order valence-electron chi connectivity index (χ0n) is 13.2. The summed E-state index contributed by atoms with van der Waals surface area (Å²) >= 11 is 5.85. The molecule has 0 saturated heterocycles. The topological polar surface area (TPSA) is 78.3 Å². The second kappa shape index (κ2) is 7.94. The number of hydrogen-bond acceptors (Lipinski definition) is 6. The van der Waals surface area contributed by atoms with Gasteiger partial charge < -0.3 is 14.8 Å². The van der Waals surface area contributed by atoms with E-state index in [2.05, 4.69) is 15.4 Å². The van der Waals surface area contributed by atoms with Gasteiger partial charge in [0.2, 0.25) is 0 Å². The molecule has 0 aromatic carbocycles. The molecule has 0 amide bonds. The highest BCUT2D eigenvalue weighted by atomic mass is 35.5. The number of pyridine rings is 1. The first kappa shape index (κ1) is 17.2. The van der Waals surface area contributed by atoms with Crippen LogP contribution in [0.3, 0.4) is 0 Å². The Bertz CT molecular complexity index is 703. The third-order valence-corrected chi connectivity index (χ3v) is 3.20. The fraction of sp³-hybridized carbons (Fsp3) is 0.400. The number of aryl methyl sites for hydroxylation is 1. The highest BCUT2D eigenvalue weighted by Crippen LogP contribution is 2.17. The summed E-state index contributed by atoms with van der Waals surface area (Å²) < 4.78 is 11.8. The Morgan fingerprint density at radius 2 is 2.17 bits per heavy atom. The van der Waals surface area contributed by atoms with E-state index in [1.807, 2.05) is 6.92 Å². The highest BCUT2D eigenvalue weighted by molar-refractivity contribution is 6.29. The minimum absolute atomic E-state index is 0.224. The summed E-state index contributed by atoms with van der Waals surface area (Å²) in [6.45, 7) is 3.22. The van der Waals surface area contributed by atoms with Gasteiger partial charge in [0.1, 0.15) is 17.3 Å². The molecule has 2 heterocycles. The Kier molecular flexibility index (Phi) is 5.95. The molecule has 124 valence electrons. The number of aromatic nitrogens is 3. The number of nitrogens with zero attached hydrogens (tertiary/aromatic N) is 3. The summed E-state index contributed by atoms with van der Waals surface area (Å²) in [6.07, 6.45) is 1.59. The van der Waals surface area contributed by atoms with E-state index in [0.717, 1.165) is 0 Å². The molecule has 0 aliphatic heterocycles. The molecule has 8 heteroatoms. The van der Waals surface area contributed by atoms with Crippen LogP contribution in [0.25, 0.3) is 0 Å². The molecule has 0 aliphatic carbocycles. The molecule has 23 heavy (non-hydrogen) atoms. The number of anilines is 2. The lowest BCUT2D eigenvalue weighted by molar-refractivity contribution is 0.127. The Morgan fingerprint density at radius 3 is 2.83 bits per heavy atom. The van der Waals surface area contributed by atoms with Gasteiger partial charge in [0.25, 0.3) is 5.56 Å². The molecule has 0 spiro atoms. The van der Waals surface area contributed by atoms with Crippen LogP contribution in [0.1, 0.15) is 6.92 Å². The standard InChI is InChI=1S/C15H19ClN4O3/c1-10(8-22-3)9-23-11-4-5-14(17-7-11)18-12-6-13(16)19-20(2)15(12)21/h4-7,10H,8-9H2,1-3H3,(H,17,18)/t10-/m0/s1. The van der Waals surface area contributed by atoms with Crippen molar-refractivity contribution >= 4 is 23.1 Å². The van der Waals surface area contributed by atoms with Crippen molar-refractivity contribution in [2.75, 3.05) is 25.6 Å². The number of methoxy groups -OCH3 is 1. The van der Waals surface area contributed by atoms with Crippen LogP contribution in [-0.2, 0) is 11.8 Å². The summed E-state index contributed by atoms with van der Waals surface area (Å²) in [4.78, 5) is 16.2. The quantitative estimate of drug-likeness (QED) is 0.834. The van der Waals surface area contributed by atoms with Crippen LogP contribution in [-0.4, -0.2) is 35.1 Å². The maximum Gasteiger partial charge on any atom is 0.290 e. The van der Waals surface area contributed by atoms with Gasteiger partial charge in [0, 0.05) is 26.1 Å². The molecule has 7 nitrogen and oxygen atoms in total. The molecule has 0 saturated carbocycles. The summed E-state index contributed by atoms with van der Waals surface area (Å²) in [5.41, 5.74) is 0.0207. The molecule has 0 aliphatic rings. The molecule has 0 bridgehead atoms. The number of nitrogens with one attached hydrogen (secondary N) is 1. The van der Waals surface area contributed by atoms with Gasteiger partial charge in [0.15, 0.2) is 5.15 Å². The first-order valence-electron chi connectivity index (χ1n) is 7.08. The Morgan fingerprint density at radius 1 is 1.39 bits per heavy atom. The van der Waals surface area contributed by atoms with Crippen molar-refractivity contribution in [2.24, 2.45) is 13.0 Å². The van der Waals surface area contributed by atoms with Gasteiger partial charge in [-0.1, -0.05) is 18.5 Å². The number of rotatable bonds is 7. The molecule has 1 atom stereocenters. The molecule has 0 fully saturated rings. The van der Waals surface area contributed by atoms with E-state index in [0.29, 0.717) is 36.4 Å². The van der Waals surface area contributed by atoms with Gasteiger partial charge in [-0.2, -0.15) is 5.10 Å². The zero-order valence-corrected chi connectivity index (χ0v) is 14.0. The van der Waals surface area contributed by atoms with Gasteiger partial charge in [0.05, 0.1) is 19.4 Å². The van der Waals surface area contributed by atoms with Crippen LogP contribution in [0.15, 0.2) is 29.2 Å². The van der Waals surface area contributed by atoms with E-state index >= 15 is 0 Å². The zero-order chi connectivity index (χ0) is 16.8. The predicted octanol–water partition coefficient (Wildman–Crippen LogP) is 2.23. The first-order chi connectivity index (χ1) is 11.0. The van der Waals surface area contributed by atoms with E-state index in [1.165, 1.54) is 17.8 Å². The summed E-state index contributed by atoms with van der Waals surface area (Å²) in [5.74, 6) is 1.46.